The lowest BCUT2D eigenvalue weighted by atomic mass is 10.1. The molecule has 0 spiro atoms. The van der Waals surface area contributed by atoms with Crippen molar-refractivity contribution in [3.8, 4) is 11.4 Å². The van der Waals surface area contributed by atoms with Crippen LogP contribution in [0.2, 0.25) is 0 Å². The first kappa shape index (κ1) is 22.1. The van der Waals surface area contributed by atoms with E-state index >= 15 is 0 Å². The van der Waals surface area contributed by atoms with E-state index in [4.69, 9.17) is 0 Å². The van der Waals surface area contributed by atoms with Crippen LogP contribution >= 0.6 is 0 Å². The Kier molecular flexibility index (Phi) is 5.52. The van der Waals surface area contributed by atoms with Gasteiger partial charge in [-0.2, -0.15) is 0 Å². The number of nitrogens with zero attached hydrogens (tertiary/aromatic N) is 4. The van der Waals surface area contributed by atoms with E-state index in [9.17, 15) is 14.4 Å². The number of nitrogens with one attached hydrogen (secondary N) is 2. The van der Waals surface area contributed by atoms with Gasteiger partial charge in [-0.25, -0.2) is 9.48 Å². The fourth-order valence-electron chi connectivity index (χ4n) is 5.19. The summed E-state index contributed by atoms with van der Waals surface area (Å²) in [5.74, 6) is 1.01. The van der Waals surface area contributed by atoms with Crippen molar-refractivity contribution in [2.45, 2.75) is 25.3 Å². The lowest BCUT2D eigenvalue weighted by Gasteiger charge is -2.33. The molecule has 0 bridgehead atoms. The number of fused-ring (bicyclic) bond motifs is 1. The minimum Gasteiger partial charge on any atom is -0.358 e. The number of para-hydroxylation sites is 1. The number of rotatable bonds is 4. The normalized spacial score (nSPS) is 15.8. The lowest BCUT2D eigenvalue weighted by molar-refractivity contribution is 0.0989. The first-order chi connectivity index (χ1) is 17.6. The molecule has 4 heterocycles. The van der Waals surface area contributed by atoms with Crippen LogP contribution in [0, 0.1) is 0 Å². The third kappa shape index (κ3) is 4.02. The van der Waals surface area contributed by atoms with Crippen LogP contribution in [-0.2, 0) is 6.42 Å². The van der Waals surface area contributed by atoms with Crippen LogP contribution < -0.4 is 21.0 Å². The molecule has 182 valence electrons. The summed E-state index contributed by atoms with van der Waals surface area (Å²) in [6.07, 6.45) is 2.20. The van der Waals surface area contributed by atoms with Gasteiger partial charge in [0, 0.05) is 42.5 Å². The van der Waals surface area contributed by atoms with Crippen molar-refractivity contribution in [2.24, 2.45) is 0 Å². The summed E-state index contributed by atoms with van der Waals surface area (Å²) in [7, 11) is 0. The van der Waals surface area contributed by atoms with Gasteiger partial charge in [0.1, 0.15) is 5.82 Å². The number of hydrogen-bond donors (Lipinski definition) is 2. The first-order valence-corrected chi connectivity index (χ1v) is 12.2. The average Bonchev–Trinajstić information content (AvgIpc) is 3.52. The summed E-state index contributed by atoms with van der Waals surface area (Å²) < 4.78 is 1.53. The molecule has 0 saturated carbocycles. The molecule has 0 atom stereocenters. The maximum absolute atomic E-state index is 13.3. The van der Waals surface area contributed by atoms with E-state index in [0.717, 1.165) is 23.2 Å². The molecule has 6 rings (SSSR count). The summed E-state index contributed by atoms with van der Waals surface area (Å²) in [6, 6.07) is 20.5. The van der Waals surface area contributed by atoms with Crippen LogP contribution in [0.4, 0.5) is 11.5 Å². The van der Waals surface area contributed by atoms with Crippen molar-refractivity contribution in [3.63, 3.8) is 0 Å². The summed E-state index contributed by atoms with van der Waals surface area (Å²) in [5, 5.41) is 4.54. The molecule has 2 aromatic carbocycles. The molecule has 9 nitrogen and oxygen atoms in total. The molecule has 2 aliphatic rings. The van der Waals surface area contributed by atoms with E-state index in [1.54, 1.807) is 11.0 Å². The SMILES string of the molecule is O=C(c1cc(N2CCC(n3nc(-c4ccccc4)[nH]c3=O)CC2)[nH]c(=O)c1)N1CCc2ccccc21. The Hall–Kier alpha value is -4.40. The second kappa shape index (κ2) is 8.99. The molecule has 2 aromatic heterocycles. The van der Waals surface area contributed by atoms with Crippen LogP contribution in [0.3, 0.4) is 0 Å². The van der Waals surface area contributed by atoms with E-state index in [-0.39, 0.29) is 23.2 Å². The zero-order valence-corrected chi connectivity index (χ0v) is 19.7. The highest BCUT2D eigenvalue weighted by atomic mass is 16.2. The van der Waals surface area contributed by atoms with E-state index < -0.39 is 0 Å². The number of hydrogen-bond acceptors (Lipinski definition) is 5. The van der Waals surface area contributed by atoms with Crippen LogP contribution in [-0.4, -0.2) is 45.3 Å². The molecule has 36 heavy (non-hydrogen) atoms. The van der Waals surface area contributed by atoms with Gasteiger partial charge in [-0.05, 0) is 37.0 Å². The zero-order chi connectivity index (χ0) is 24.6. The maximum Gasteiger partial charge on any atom is 0.343 e. The third-order valence-corrected chi connectivity index (χ3v) is 7.05. The van der Waals surface area contributed by atoms with Gasteiger partial charge < -0.3 is 14.8 Å². The Morgan fingerprint density at radius 1 is 0.889 bits per heavy atom. The number of amides is 1. The minimum atomic E-state index is -0.304. The second-order valence-corrected chi connectivity index (χ2v) is 9.26. The number of pyridine rings is 1. The highest BCUT2D eigenvalue weighted by Crippen LogP contribution is 2.30. The predicted octanol–water partition coefficient (Wildman–Crippen LogP) is 2.97. The van der Waals surface area contributed by atoms with E-state index in [2.05, 4.69) is 20.0 Å². The lowest BCUT2D eigenvalue weighted by Crippen LogP contribution is -2.38. The van der Waals surface area contributed by atoms with E-state index in [0.29, 0.717) is 49.7 Å². The van der Waals surface area contributed by atoms with E-state index in [1.165, 1.54) is 10.7 Å². The van der Waals surface area contributed by atoms with Crippen molar-refractivity contribution in [3.05, 3.63) is 98.7 Å². The van der Waals surface area contributed by atoms with Crippen molar-refractivity contribution in [2.75, 3.05) is 29.4 Å². The number of piperidine rings is 1. The predicted molar refractivity (Wildman–Crippen MR) is 138 cm³/mol. The van der Waals surface area contributed by atoms with Gasteiger partial charge in [-0.1, -0.05) is 48.5 Å². The maximum atomic E-state index is 13.3. The zero-order valence-electron chi connectivity index (χ0n) is 19.7. The first-order valence-electron chi connectivity index (χ1n) is 12.2. The molecule has 2 N–H and O–H groups in total. The molecule has 1 saturated heterocycles. The number of H-pyrrole nitrogens is 2. The molecular weight excluding hydrogens is 456 g/mol. The third-order valence-electron chi connectivity index (χ3n) is 7.05. The average molecular weight is 483 g/mol. The second-order valence-electron chi connectivity index (χ2n) is 9.26. The summed E-state index contributed by atoms with van der Waals surface area (Å²) >= 11 is 0. The highest BCUT2D eigenvalue weighted by Gasteiger charge is 2.28. The van der Waals surface area contributed by atoms with Gasteiger partial charge in [0.05, 0.1) is 6.04 Å². The Labute approximate surface area is 207 Å². The fourth-order valence-corrected chi connectivity index (χ4v) is 5.19. The number of carbonyl (C=O) groups is 1. The molecular formula is C27H26N6O3. The molecule has 1 amide bonds. The minimum absolute atomic E-state index is 0.0416. The van der Waals surface area contributed by atoms with Crippen molar-refractivity contribution < 1.29 is 4.79 Å². The Balaban J connectivity index is 1.18. The largest absolute Gasteiger partial charge is 0.358 e. The Bertz CT molecular complexity index is 1530. The Morgan fingerprint density at radius 2 is 1.64 bits per heavy atom. The van der Waals surface area contributed by atoms with Crippen molar-refractivity contribution >= 4 is 17.4 Å². The van der Waals surface area contributed by atoms with Gasteiger partial charge in [0.25, 0.3) is 5.91 Å². The van der Waals surface area contributed by atoms with Gasteiger partial charge >= 0.3 is 5.69 Å². The fraction of sp³-hybridized carbons (Fsp3) is 0.259. The summed E-state index contributed by atoms with van der Waals surface area (Å²) in [4.78, 5) is 47.9. The number of anilines is 2. The Morgan fingerprint density at radius 3 is 2.44 bits per heavy atom. The van der Waals surface area contributed by atoms with Gasteiger partial charge in [0.15, 0.2) is 5.82 Å². The number of aromatic nitrogens is 4. The van der Waals surface area contributed by atoms with Gasteiger partial charge in [0.2, 0.25) is 5.56 Å². The van der Waals surface area contributed by atoms with Crippen molar-refractivity contribution in [1.82, 2.24) is 19.7 Å². The molecule has 4 aromatic rings. The van der Waals surface area contributed by atoms with Crippen molar-refractivity contribution in [1.29, 1.82) is 0 Å². The molecule has 0 radical (unpaired) electrons. The monoisotopic (exact) mass is 482 g/mol. The van der Waals surface area contributed by atoms with Crippen LogP contribution in [0.15, 0.2) is 76.3 Å². The highest BCUT2D eigenvalue weighted by molar-refractivity contribution is 6.07. The quantitative estimate of drug-likeness (QED) is 0.465. The number of aromatic amines is 2. The van der Waals surface area contributed by atoms with Crippen LogP contribution in [0.5, 0.6) is 0 Å². The molecule has 0 unspecified atom stereocenters. The van der Waals surface area contributed by atoms with Crippen LogP contribution in [0.25, 0.3) is 11.4 Å². The summed E-state index contributed by atoms with van der Waals surface area (Å²) in [5.41, 5.74) is 2.77. The molecule has 0 aliphatic carbocycles. The van der Waals surface area contributed by atoms with Gasteiger partial charge in [-0.15, -0.1) is 5.10 Å². The molecule has 9 heteroatoms. The smallest absolute Gasteiger partial charge is 0.343 e. The van der Waals surface area contributed by atoms with Crippen LogP contribution in [0.1, 0.15) is 34.8 Å². The number of carbonyl (C=O) groups excluding carboxylic acids is 1. The summed E-state index contributed by atoms with van der Waals surface area (Å²) in [6.45, 7) is 1.87. The molecule has 1 fully saturated rings. The topological polar surface area (TPSA) is 107 Å². The number of benzene rings is 2. The van der Waals surface area contributed by atoms with Gasteiger partial charge in [-0.3, -0.25) is 14.6 Å². The standard InChI is InChI=1S/C27H26N6O3/c34-24-17-20(26(35)32-15-10-18-6-4-5-9-22(18)32)16-23(28-24)31-13-11-21(12-14-31)33-27(36)29-25(30-33)19-7-2-1-3-8-19/h1-9,16-17,21H,10-15H2,(H,28,34)(H,29,30,36). The molecule has 2 aliphatic heterocycles. The van der Waals surface area contributed by atoms with E-state index in [1.807, 2.05) is 54.6 Å².